The first-order valence-electron chi connectivity index (χ1n) is 38.3. The molecule has 0 unspecified atom stereocenters. The van der Waals surface area contributed by atoms with Crippen LogP contribution >= 0.6 is 0 Å². The average molecular weight is 1370 g/mol. The molecular formula is C84H129N3O12. The van der Waals surface area contributed by atoms with Gasteiger partial charge in [0.05, 0.1) is 19.8 Å². The normalized spacial score (nSPS) is 18.8. The van der Waals surface area contributed by atoms with E-state index in [0.717, 1.165) is 169 Å². The number of ether oxygens (including phenoxy) is 6. The lowest BCUT2D eigenvalue weighted by Crippen LogP contribution is -2.45. The molecule has 0 aliphatic heterocycles. The average Bonchev–Trinajstić information content (AvgIpc) is 1.00. The van der Waals surface area contributed by atoms with Gasteiger partial charge in [0, 0.05) is 52.6 Å². The van der Waals surface area contributed by atoms with Crippen LogP contribution in [0.3, 0.4) is 0 Å². The molecule has 0 bridgehead atoms. The van der Waals surface area contributed by atoms with E-state index in [2.05, 4.69) is 36.7 Å². The molecule has 99 heavy (non-hydrogen) atoms. The van der Waals surface area contributed by atoms with Crippen molar-refractivity contribution >= 4 is 53.9 Å². The molecule has 3 aromatic rings. The molecule has 0 heterocycles. The fraction of sp³-hybridized carbons (Fsp3) is 0.643. The predicted molar refractivity (Wildman–Crippen MR) is 402 cm³/mol. The summed E-state index contributed by atoms with van der Waals surface area (Å²) >= 11 is 0. The lowest BCUT2D eigenvalue weighted by molar-refractivity contribution is -0.145. The van der Waals surface area contributed by atoms with Crippen molar-refractivity contribution in [3.05, 3.63) is 108 Å². The Hall–Kier alpha value is -6.90. The summed E-state index contributed by atoms with van der Waals surface area (Å²) in [6.45, 7) is 26.8. The Morgan fingerprint density at radius 2 is 0.556 bits per heavy atom. The first kappa shape index (κ1) is 84.5. The molecule has 0 saturated heterocycles. The minimum atomic E-state index is -0.341. The van der Waals surface area contributed by atoms with Gasteiger partial charge in [-0.2, -0.15) is 0 Å². The van der Waals surface area contributed by atoms with Gasteiger partial charge in [0.15, 0.2) is 0 Å². The number of hydrogen-bond acceptors (Lipinski definition) is 12. The van der Waals surface area contributed by atoms with E-state index in [1.54, 1.807) is 18.2 Å². The third kappa shape index (κ3) is 35.3. The highest BCUT2D eigenvalue weighted by atomic mass is 16.6. The fourth-order valence-corrected chi connectivity index (χ4v) is 11.4. The van der Waals surface area contributed by atoms with Crippen LogP contribution in [0.15, 0.2) is 91.0 Å². The smallest absolute Gasteiger partial charge is 0.331 e. The number of rotatable bonds is 39. The predicted octanol–water partition coefficient (Wildman–Crippen LogP) is 19.4. The zero-order valence-electron chi connectivity index (χ0n) is 63.1. The number of unbranched alkanes of at least 4 members (excludes halogenated alkanes) is 12. The van der Waals surface area contributed by atoms with Crippen LogP contribution < -0.4 is 30.2 Å². The van der Waals surface area contributed by atoms with Crippen LogP contribution in [0.1, 0.15) is 292 Å². The molecule has 3 aliphatic carbocycles. The number of benzene rings is 3. The summed E-state index contributed by atoms with van der Waals surface area (Å²) in [5, 5.41) is 9.47. The second kappa shape index (κ2) is 47.3. The van der Waals surface area contributed by atoms with Gasteiger partial charge in [-0.3, -0.25) is 14.4 Å². The van der Waals surface area contributed by atoms with E-state index in [9.17, 15) is 28.8 Å². The van der Waals surface area contributed by atoms with Gasteiger partial charge in [0.25, 0.3) is 0 Å². The molecule has 3 aliphatic rings. The molecule has 15 heteroatoms. The molecule has 3 aromatic carbocycles. The van der Waals surface area contributed by atoms with Crippen LogP contribution in [0.25, 0.3) is 18.2 Å². The van der Waals surface area contributed by atoms with Gasteiger partial charge >= 0.3 is 17.9 Å². The van der Waals surface area contributed by atoms with Crippen molar-refractivity contribution in [1.82, 2.24) is 16.0 Å². The molecule has 6 rings (SSSR count). The van der Waals surface area contributed by atoms with E-state index in [1.165, 1.54) is 95.3 Å². The Bertz CT molecular complexity index is 2850. The molecule has 3 N–H and O–H groups in total. The largest absolute Gasteiger partial charge is 0.494 e. The van der Waals surface area contributed by atoms with E-state index >= 15 is 0 Å². The van der Waals surface area contributed by atoms with Crippen LogP contribution in [0.4, 0.5) is 0 Å². The van der Waals surface area contributed by atoms with E-state index < -0.39 is 0 Å². The summed E-state index contributed by atoms with van der Waals surface area (Å²) in [5.41, 5.74) is 1.79. The third-order valence-corrected chi connectivity index (χ3v) is 19.8. The highest BCUT2D eigenvalue weighted by Gasteiger charge is 2.33. The van der Waals surface area contributed by atoms with Gasteiger partial charge in [-0.05, 0) is 187 Å². The second-order valence-electron chi connectivity index (χ2n) is 29.4. The Morgan fingerprint density at radius 3 is 0.798 bits per heavy atom. The molecule has 552 valence electrons. The van der Waals surface area contributed by atoms with Gasteiger partial charge in [0.2, 0.25) is 17.7 Å². The van der Waals surface area contributed by atoms with Gasteiger partial charge in [-0.1, -0.05) is 197 Å². The molecule has 3 fully saturated rings. The maximum Gasteiger partial charge on any atom is 0.331 e. The highest BCUT2D eigenvalue weighted by molar-refractivity contribution is 5.88. The summed E-state index contributed by atoms with van der Waals surface area (Å²) in [6, 6.07) is 23.8. The molecule has 0 spiro atoms. The standard InChI is InChI=1S/C30H47NO4.C28H43NO4.C26H39NO4/c1-5-7-8-9-10-11-12-23-34-26-18-13-24(14-19-26)15-22-28(32)35-27-20-16-25(17-21-27)31-29(33)30(3,4)6-2;1-5-7-8-9-10-21-32-24-16-11-22(12-17-24)13-20-26(30)33-25-18-14-23(15-19-25)29-27(31)28(3,4)6-2;1-5-7-8-19-30-22-14-9-20(10-15-22)11-18-24(28)31-23-16-12-21(13-17-23)27-25(29)26(3,4)6-2/h13-15,18-19,22,25,27H,5-12,16-17,20-21,23H2,1-4H3,(H,31,33);11-13,16-17,20,23,25H,5-10,14-15,18-19,21H2,1-4H3,(H,29,31);9-11,14-15,18,21,23H,5-8,12-13,16-17,19H2,1-4H3,(H,27,29)/b22-15+;20-13+;18-11+. The molecule has 15 nitrogen and oxygen atoms in total. The maximum atomic E-state index is 12.4. The first-order chi connectivity index (χ1) is 47.5. The SMILES string of the molecule is CCCCCCCCCOc1ccc(/C=C/C(=O)OC2CCC(NC(=O)C(C)(C)CC)CC2)cc1.CCCCCCCOc1ccc(/C=C/C(=O)OC2CCC(NC(=O)C(C)(C)CC)CC2)cc1.CCCCCOc1ccc(/C=C/C(=O)OC2CCC(NC(=O)C(C)(C)CC)CC2)cc1. The Kier molecular flexibility index (Phi) is 40.3. The summed E-state index contributed by atoms with van der Waals surface area (Å²) < 4.78 is 34.1. The number of hydrogen-bond donors (Lipinski definition) is 3. The van der Waals surface area contributed by atoms with Crippen molar-refractivity contribution in [2.24, 2.45) is 16.2 Å². The van der Waals surface area contributed by atoms with Gasteiger partial charge in [0.1, 0.15) is 35.6 Å². The van der Waals surface area contributed by atoms with Crippen LogP contribution in [-0.2, 0) is 43.0 Å². The van der Waals surface area contributed by atoms with E-state index in [1.807, 2.05) is 135 Å². The molecular weight excluding hydrogens is 1240 g/mol. The number of esters is 3. The minimum absolute atomic E-state index is 0.0802. The quantitative estimate of drug-likeness (QED) is 0.0212. The summed E-state index contributed by atoms with van der Waals surface area (Å²) in [5.74, 6) is 1.94. The Labute approximate surface area is 597 Å². The van der Waals surface area contributed by atoms with Crippen molar-refractivity contribution in [3.8, 4) is 17.2 Å². The van der Waals surface area contributed by atoms with Crippen molar-refractivity contribution < 1.29 is 57.2 Å². The minimum Gasteiger partial charge on any atom is -0.494 e. The summed E-state index contributed by atoms with van der Waals surface area (Å²) in [7, 11) is 0. The highest BCUT2D eigenvalue weighted by Crippen LogP contribution is 2.29. The van der Waals surface area contributed by atoms with E-state index in [0.29, 0.717) is 0 Å². The van der Waals surface area contributed by atoms with Gasteiger partial charge < -0.3 is 44.4 Å². The lowest BCUT2D eigenvalue weighted by Gasteiger charge is -2.31. The second-order valence-corrected chi connectivity index (χ2v) is 29.4. The Balaban J connectivity index is 0.000000316. The van der Waals surface area contributed by atoms with Crippen molar-refractivity contribution in [2.45, 2.75) is 312 Å². The van der Waals surface area contributed by atoms with E-state index in [4.69, 9.17) is 28.4 Å². The van der Waals surface area contributed by atoms with Gasteiger partial charge in [-0.25, -0.2) is 14.4 Å². The number of carbonyl (C=O) groups excluding carboxylic acids is 6. The van der Waals surface area contributed by atoms with Crippen molar-refractivity contribution in [3.63, 3.8) is 0 Å². The van der Waals surface area contributed by atoms with Crippen molar-refractivity contribution in [1.29, 1.82) is 0 Å². The van der Waals surface area contributed by atoms with Crippen LogP contribution in [0.2, 0.25) is 0 Å². The number of amides is 3. The molecule has 3 saturated carbocycles. The molecule has 0 atom stereocenters. The van der Waals surface area contributed by atoms with Crippen LogP contribution in [0.5, 0.6) is 17.2 Å². The summed E-state index contributed by atoms with van der Waals surface area (Å²) in [6.07, 6.45) is 40.1. The molecule has 3 amide bonds. The molecule has 0 radical (unpaired) electrons. The van der Waals surface area contributed by atoms with Crippen LogP contribution in [-0.4, -0.2) is 91.9 Å². The Morgan fingerprint density at radius 1 is 0.333 bits per heavy atom. The number of nitrogens with one attached hydrogen (secondary N) is 3. The first-order valence-corrected chi connectivity index (χ1v) is 38.3. The zero-order chi connectivity index (χ0) is 72.3. The zero-order valence-corrected chi connectivity index (χ0v) is 63.1. The van der Waals surface area contributed by atoms with Gasteiger partial charge in [-0.15, -0.1) is 0 Å². The number of carbonyl (C=O) groups is 6. The topological polar surface area (TPSA) is 194 Å². The summed E-state index contributed by atoms with van der Waals surface area (Å²) in [4.78, 5) is 73.7. The fourth-order valence-electron chi connectivity index (χ4n) is 11.4. The van der Waals surface area contributed by atoms with Crippen molar-refractivity contribution in [2.75, 3.05) is 19.8 Å². The van der Waals surface area contributed by atoms with Crippen LogP contribution in [0, 0.1) is 16.2 Å². The maximum absolute atomic E-state index is 12.4. The lowest BCUT2D eigenvalue weighted by atomic mass is 9.87. The third-order valence-electron chi connectivity index (χ3n) is 19.8. The molecule has 0 aromatic heterocycles. The van der Waals surface area contributed by atoms with E-state index in [-0.39, 0.29) is 88.3 Å². The monoisotopic (exact) mass is 1370 g/mol.